The van der Waals surface area contributed by atoms with Gasteiger partial charge in [-0.2, -0.15) is 0 Å². The predicted octanol–water partition coefficient (Wildman–Crippen LogP) is 4.18. The summed E-state index contributed by atoms with van der Waals surface area (Å²) in [6.07, 6.45) is -1.04. The smallest absolute Gasteiger partial charge is 0.129 e. The van der Waals surface area contributed by atoms with Gasteiger partial charge in [-0.15, -0.1) is 0 Å². The second-order valence-electron chi connectivity index (χ2n) is 4.45. The van der Waals surface area contributed by atoms with E-state index in [0.717, 1.165) is 11.1 Å². The number of rotatable bonds is 2. The number of hydrogen-bond acceptors (Lipinski definition) is 1. The van der Waals surface area contributed by atoms with Crippen LogP contribution in [0.15, 0.2) is 36.4 Å². The molecule has 0 spiro atoms. The summed E-state index contributed by atoms with van der Waals surface area (Å²) in [5.74, 6) is -0.426. The normalized spacial score (nSPS) is 12.5. The van der Waals surface area contributed by atoms with Gasteiger partial charge in [0, 0.05) is 16.1 Å². The SMILES string of the molecule is Cc1ccc(C(O)c2cc(C)ccc2F)c(Cl)c1. The molecule has 0 radical (unpaired) electrons. The average Bonchev–Trinajstić information content (AvgIpc) is 2.31. The van der Waals surface area contributed by atoms with Crippen LogP contribution in [0.4, 0.5) is 4.39 Å². The predicted molar refractivity (Wildman–Crippen MR) is 71.4 cm³/mol. The molecule has 1 nitrogen and oxygen atoms in total. The molecule has 0 saturated heterocycles. The maximum absolute atomic E-state index is 13.7. The van der Waals surface area contributed by atoms with E-state index in [4.69, 9.17) is 11.6 Å². The Labute approximate surface area is 111 Å². The van der Waals surface area contributed by atoms with Crippen LogP contribution in [0.3, 0.4) is 0 Å². The van der Waals surface area contributed by atoms with Crippen molar-refractivity contribution >= 4 is 11.6 Å². The van der Waals surface area contributed by atoms with Gasteiger partial charge in [-0.3, -0.25) is 0 Å². The van der Waals surface area contributed by atoms with Crippen molar-refractivity contribution in [3.63, 3.8) is 0 Å². The summed E-state index contributed by atoms with van der Waals surface area (Å²) in [4.78, 5) is 0. The second kappa shape index (κ2) is 5.09. The first-order valence-corrected chi connectivity index (χ1v) is 6.07. The molecule has 0 aliphatic rings. The zero-order valence-electron chi connectivity index (χ0n) is 10.2. The lowest BCUT2D eigenvalue weighted by Crippen LogP contribution is -2.04. The van der Waals surface area contributed by atoms with Crippen LogP contribution < -0.4 is 0 Å². The molecule has 0 bridgehead atoms. The minimum Gasteiger partial charge on any atom is -0.383 e. The number of aryl methyl sites for hydroxylation is 2. The highest BCUT2D eigenvalue weighted by Gasteiger charge is 2.17. The van der Waals surface area contributed by atoms with Crippen molar-refractivity contribution in [3.05, 3.63) is 69.5 Å². The number of aliphatic hydroxyl groups is 1. The second-order valence-corrected chi connectivity index (χ2v) is 4.86. The van der Waals surface area contributed by atoms with Gasteiger partial charge in [0.25, 0.3) is 0 Å². The maximum atomic E-state index is 13.7. The summed E-state index contributed by atoms with van der Waals surface area (Å²) in [5, 5.41) is 10.7. The van der Waals surface area contributed by atoms with E-state index in [1.165, 1.54) is 6.07 Å². The molecule has 0 aliphatic carbocycles. The van der Waals surface area contributed by atoms with Crippen molar-refractivity contribution in [1.82, 2.24) is 0 Å². The first-order chi connectivity index (χ1) is 8.49. The van der Waals surface area contributed by atoms with Gasteiger partial charge in [-0.1, -0.05) is 41.4 Å². The van der Waals surface area contributed by atoms with Gasteiger partial charge < -0.3 is 5.11 Å². The van der Waals surface area contributed by atoms with E-state index in [1.54, 1.807) is 24.3 Å². The van der Waals surface area contributed by atoms with Crippen LogP contribution >= 0.6 is 11.6 Å². The molecule has 0 heterocycles. The third-order valence-electron chi connectivity index (χ3n) is 2.90. The highest BCUT2D eigenvalue weighted by molar-refractivity contribution is 6.31. The lowest BCUT2D eigenvalue weighted by atomic mass is 9.98. The van der Waals surface area contributed by atoms with Crippen LogP contribution in [0.5, 0.6) is 0 Å². The van der Waals surface area contributed by atoms with E-state index in [0.29, 0.717) is 10.6 Å². The molecule has 1 N–H and O–H groups in total. The minimum atomic E-state index is -1.04. The fourth-order valence-electron chi connectivity index (χ4n) is 1.89. The van der Waals surface area contributed by atoms with Gasteiger partial charge >= 0.3 is 0 Å². The average molecular weight is 265 g/mol. The summed E-state index contributed by atoms with van der Waals surface area (Å²) >= 11 is 6.08. The Morgan fingerprint density at radius 3 is 2.28 bits per heavy atom. The topological polar surface area (TPSA) is 20.2 Å². The monoisotopic (exact) mass is 264 g/mol. The number of halogens is 2. The van der Waals surface area contributed by atoms with Gasteiger partial charge in [-0.25, -0.2) is 4.39 Å². The molecule has 0 fully saturated rings. The number of hydrogen-bond donors (Lipinski definition) is 1. The van der Waals surface area contributed by atoms with Crippen LogP contribution in [-0.2, 0) is 0 Å². The summed E-state index contributed by atoms with van der Waals surface area (Å²) in [6.45, 7) is 3.77. The third kappa shape index (κ3) is 2.55. The Morgan fingerprint density at radius 2 is 1.61 bits per heavy atom. The van der Waals surface area contributed by atoms with Gasteiger partial charge in [0.2, 0.25) is 0 Å². The van der Waals surface area contributed by atoms with Crippen LogP contribution in [-0.4, -0.2) is 5.11 Å². The van der Waals surface area contributed by atoms with E-state index >= 15 is 0 Å². The summed E-state index contributed by atoms with van der Waals surface area (Å²) in [6, 6.07) is 9.99. The molecule has 1 unspecified atom stereocenters. The Morgan fingerprint density at radius 1 is 1.00 bits per heavy atom. The number of aliphatic hydroxyl groups excluding tert-OH is 1. The Bertz CT molecular complexity index is 581. The molecule has 1 atom stereocenters. The summed E-state index contributed by atoms with van der Waals surface area (Å²) < 4.78 is 13.7. The molecule has 2 aromatic rings. The molecule has 0 amide bonds. The molecular formula is C15H14ClFO. The lowest BCUT2D eigenvalue weighted by molar-refractivity contribution is 0.215. The van der Waals surface area contributed by atoms with Crippen molar-refractivity contribution in [1.29, 1.82) is 0 Å². The van der Waals surface area contributed by atoms with Crippen molar-refractivity contribution in [2.45, 2.75) is 20.0 Å². The molecule has 2 aromatic carbocycles. The first-order valence-electron chi connectivity index (χ1n) is 5.69. The van der Waals surface area contributed by atoms with Crippen molar-refractivity contribution in [2.75, 3.05) is 0 Å². The van der Waals surface area contributed by atoms with Crippen molar-refractivity contribution < 1.29 is 9.50 Å². The fraction of sp³-hybridized carbons (Fsp3) is 0.200. The zero-order valence-corrected chi connectivity index (χ0v) is 11.0. The molecule has 0 saturated carbocycles. The third-order valence-corrected chi connectivity index (χ3v) is 3.22. The Kier molecular flexibility index (Phi) is 3.69. The van der Waals surface area contributed by atoms with Crippen LogP contribution in [0.1, 0.15) is 28.4 Å². The maximum Gasteiger partial charge on any atom is 0.129 e. The van der Waals surface area contributed by atoms with Crippen molar-refractivity contribution in [3.8, 4) is 0 Å². The minimum absolute atomic E-state index is 0.251. The van der Waals surface area contributed by atoms with E-state index in [-0.39, 0.29) is 5.56 Å². The van der Waals surface area contributed by atoms with E-state index in [2.05, 4.69) is 0 Å². The first kappa shape index (κ1) is 13.1. The lowest BCUT2D eigenvalue weighted by Gasteiger charge is -2.15. The van der Waals surface area contributed by atoms with Gasteiger partial charge in [0.1, 0.15) is 11.9 Å². The standard InChI is InChI=1S/C15H14ClFO/c1-9-4-6-14(17)12(7-9)15(18)11-5-3-10(2)8-13(11)16/h3-8,15,18H,1-2H3. The van der Waals surface area contributed by atoms with Crippen LogP contribution in [0.25, 0.3) is 0 Å². The quantitative estimate of drug-likeness (QED) is 0.863. The molecule has 2 rings (SSSR count). The molecular weight excluding hydrogens is 251 g/mol. The molecule has 0 aliphatic heterocycles. The van der Waals surface area contributed by atoms with Crippen LogP contribution in [0.2, 0.25) is 5.02 Å². The Balaban J connectivity index is 2.47. The molecule has 94 valence electrons. The van der Waals surface area contributed by atoms with Gasteiger partial charge in [-0.05, 0) is 31.5 Å². The van der Waals surface area contributed by atoms with Crippen LogP contribution in [0, 0.1) is 19.7 Å². The number of benzene rings is 2. The zero-order chi connectivity index (χ0) is 13.3. The molecule has 3 heteroatoms. The van der Waals surface area contributed by atoms with Gasteiger partial charge in [0.15, 0.2) is 0 Å². The van der Waals surface area contributed by atoms with Crippen molar-refractivity contribution in [2.24, 2.45) is 0 Å². The molecule has 18 heavy (non-hydrogen) atoms. The summed E-state index contributed by atoms with van der Waals surface area (Å²) in [7, 11) is 0. The van der Waals surface area contributed by atoms with E-state index < -0.39 is 11.9 Å². The highest BCUT2D eigenvalue weighted by Crippen LogP contribution is 2.30. The molecule has 0 aromatic heterocycles. The highest BCUT2D eigenvalue weighted by atomic mass is 35.5. The van der Waals surface area contributed by atoms with Gasteiger partial charge in [0.05, 0.1) is 0 Å². The fourth-order valence-corrected chi connectivity index (χ4v) is 2.23. The summed E-state index contributed by atoms with van der Waals surface area (Å²) in [5.41, 5.74) is 2.67. The van der Waals surface area contributed by atoms with E-state index in [9.17, 15) is 9.50 Å². The Hall–Kier alpha value is -1.38. The largest absolute Gasteiger partial charge is 0.383 e. The van der Waals surface area contributed by atoms with E-state index in [1.807, 2.05) is 19.9 Å².